The molecule has 0 aliphatic heterocycles. The maximum absolute atomic E-state index is 5.92. The van der Waals surface area contributed by atoms with E-state index in [-0.39, 0.29) is 0 Å². The first-order valence-corrected chi connectivity index (χ1v) is 5.27. The van der Waals surface area contributed by atoms with Crippen LogP contribution in [0.15, 0.2) is 0 Å². The standard InChI is InChI=1S/C10H20N2/c1-7-5-10(7)12-9-4-2-3-8(11)6-9/h7-10,12H,2-6,11H2,1H3. The Morgan fingerprint density at radius 1 is 1.25 bits per heavy atom. The Kier molecular flexibility index (Phi) is 2.37. The van der Waals surface area contributed by atoms with E-state index in [1.807, 2.05) is 0 Å². The lowest BCUT2D eigenvalue weighted by Crippen LogP contribution is -2.40. The van der Waals surface area contributed by atoms with E-state index in [4.69, 9.17) is 5.73 Å². The van der Waals surface area contributed by atoms with Gasteiger partial charge in [0.05, 0.1) is 0 Å². The predicted octanol–water partition coefficient (Wildman–Crippen LogP) is 1.25. The maximum atomic E-state index is 5.92. The molecule has 3 N–H and O–H groups in total. The van der Waals surface area contributed by atoms with Crippen LogP contribution < -0.4 is 11.1 Å². The number of nitrogens with one attached hydrogen (secondary N) is 1. The van der Waals surface area contributed by atoms with Gasteiger partial charge in [-0.1, -0.05) is 13.3 Å². The molecule has 2 heteroatoms. The van der Waals surface area contributed by atoms with Gasteiger partial charge in [0, 0.05) is 18.1 Å². The van der Waals surface area contributed by atoms with Crippen LogP contribution in [0.2, 0.25) is 0 Å². The van der Waals surface area contributed by atoms with Crippen LogP contribution in [-0.4, -0.2) is 18.1 Å². The Morgan fingerprint density at radius 3 is 2.58 bits per heavy atom. The van der Waals surface area contributed by atoms with Crippen molar-refractivity contribution in [1.29, 1.82) is 0 Å². The van der Waals surface area contributed by atoms with E-state index < -0.39 is 0 Å². The van der Waals surface area contributed by atoms with Gasteiger partial charge in [0.25, 0.3) is 0 Å². The van der Waals surface area contributed by atoms with Crippen molar-refractivity contribution in [2.24, 2.45) is 11.7 Å². The highest BCUT2D eigenvalue weighted by Crippen LogP contribution is 2.31. The van der Waals surface area contributed by atoms with Gasteiger partial charge in [0.1, 0.15) is 0 Å². The average Bonchev–Trinajstić information content (AvgIpc) is 2.66. The Labute approximate surface area is 74.9 Å². The van der Waals surface area contributed by atoms with Gasteiger partial charge < -0.3 is 11.1 Å². The number of nitrogens with two attached hydrogens (primary N) is 1. The molecule has 0 heterocycles. The quantitative estimate of drug-likeness (QED) is 0.651. The molecule has 12 heavy (non-hydrogen) atoms. The summed E-state index contributed by atoms with van der Waals surface area (Å²) in [6.45, 7) is 2.32. The van der Waals surface area contributed by atoms with Crippen molar-refractivity contribution < 1.29 is 0 Å². The monoisotopic (exact) mass is 168 g/mol. The van der Waals surface area contributed by atoms with E-state index in [2.05, 4.69) is 12.2 Å². The lowest BCUT2D eigenvalue weighted by molar-refractivity contribution is 0.334. The fraction of sp³-hybridized carbons (Fsp3) is 1.00. The lowest BCUT2D eigenvalue weighted by Gasteiger charge is -2.27. The fourth-order valence-electron chi connectivity index (χ4n) is 2.24. The third-order valence-corrected chi connectivity index (χ3v) is 3.27. The summed E-state index contributed by atoms with van der Waals surface area (Å²) in [6, 6.07) is 2.01. The number of rotatable bonds is 2. The zero-order valence-electron chi connectivity index (χ0n) is 7.92. The molecule has 0 aromatic rings. The summed E-state index contributed by atoms with van der Waals surface area (Å²) < 4.78 is 0. The molecule has 0 bridgehead atoms. The molecule has 4 atom stereocenters. The molecule has 2 saturated carbocycles. The van der Waals surface area contributed by atoms with Gasteiger partial charge in [-0.3, -0.25) is 0 Å². The molecule has 0 amide bonds. The van der Waals surface area contributed by atoms with Gasteiger partial charge >= 0.3 is 0 Å². The van der Waals surface area contributed by atoms with Crippen molar-refractivity contribution in [3.63, 3.8) is 0 Å². The van der Waals surface area contributed by atoms with Crippen LogP contribution in [0.25, 0.3) is 0 Å². The average molecular weight is 168 g/mol. The van der Waals surface area contributed by atoms with Crippen LogP contribution in [-0.2, 0) is 0 Å². The molecular weight excluding hydrogens is 148 g/mol. The van der Waals surface area contributed by atoms with E-state index in [0.29, 0.717) is 6.04 Å². The van der Waals surface area contributed by atoms with Crippen molar-refractivity contribution in [3.05, 3.63) is 0 Å². The summed E-state index contributed by atoms with van der Waals surface area (Å²) in [5.74, 6) is 0.920. The molecular formula is C10H20N2. The minimum Gasteiger partial charge on any atom is -0.328 e. The van der Waals surface area contributed by atoms with E-state index in [1.165, 1.54) is 32.1 Å². The van der Waals surface area contributed by atoms with E-state index in [0.717, 1.165) is 18.0 Å². The third-order valence-electron chi connectivity index (χ3n) is 3.27. The lowest BCUT2D eigenvalue weighted by atomic mass is 9.91. The van der Waals surface area contributed by atoms with Gasteiger partial charge in [0.2, 0.25) is 0 Å². The molecule has 0 spiro atoms. The van der Waals surface area contributed by atoms with Crippen LogP contribution in [0.5, 0.6) is 0 Å². The molecule has 2 nitrogen and oxygen atoms in total. The first kappa shape index (κ1) is 8.52. The van der Waals surface area contributed by atoms with Crippen LogP contribution in [0.1, 0.15) is 39.0 Å². The highest BCUT2D eigenvalue weighted by molar-refractivity contribution is 4.93. The summed E-state index contributed by atoms with van der Waals surface area (Å²) in [5.41, 5.74) is 5.92. The highest BCUT2D eigenvalue weighted by atomic mass is 15.0. The third kappa shape index (κ3) is 1.99. The van der Waals surface area contributed by atoms with Crippen molar-refractivity contribution >= 4 is 0 Å². The van der Waals surface area contributed by atoms with E-state index in [9.17, 15) is 0 Å². The highest BCUT2D eigenvalue weighted by Gasteiger charge is 2.34. The SMILES string of the molecule is CC1CC1NC1CCCC(N)C1. The normalized spacial score (nSPS) is 47.5. The minimum absolute atomic E-state index is 0.463. The summed E-state index contributed by atoms with van der Waals surface area (Å²) >= 11 is 0. The fourth-order valence-corrected chi connectivity index (χ4v) is 2.24. The molecule has 4 unspecified atom stereocenters. The van der Waals surface area contributed by atoms with Crippen molar-refractivity contribution in [3.8, 4) is 0 Å². The summed E-state index contributed by atoms with van der Waals surface area (Å²) in [4.78, 5) is 0. The largest absolute Gasteiger partial charge is 0.328 e. The molecule has 2 rings (SSSR count). The van der Waals surface area contributed by atoms with Crippen LogP contribution >= 0.6 is 0 Å². The summed E-state index contributed by atoms with van der Waals surface area (Å²) in [6.07, 6.45) is 6.48. The van der Waals surface area contributed by atoms with Crippen molar-refractivity contribution in [1.82, 2.24) is 5.32 Å². The molecule has 0 aromatic heterocycles. The second-order valence-corrected chi connectivity index (χ2v) is 4.61. The Balaban J connectivity index is 1.72. The maximum Gasteiger partial charge on any atom is 0.00989 e. The number of hydrogen-bond acceptors (Lipinski definition) is 2. The molecule has 2 aliphatic rings. The summed E-state index contributed by atoms with van der Waals surface area (Å²) in [5, 5.41) is 3.69. The Bertz CT molecular complexity index is 158. The second kappa shape index (κ2) is 3.35. The van der Waals surface area contributed by atoms with E-state index in [1.54, 1.807) is 0 Å². The molecule has 0 aromatic carbocycles. The van der Waals surface area contributed by atoms with Crippen LogP contribution in [0, 0.1) is 5.92 Å². The van der Waals surface area contributed by atoms with E-state index >= 15 is 0 Å². The first-order valence-electron chi connectivity index (χ1n) is 5.27. The van der Waals surface area contributed by atoms with Crippen LogP contribution in [0.4, 0.5) is 0 Å². The number of hydrogen-bond donors (Lipinski definition) is 2. The Hall–Kier alpha value is -0.0800. The van der Waals surface area contributed by atoms with Crippen LogP contribution in [0.3, 0.4) is 0 Å². The Morgan fingerprint density at radius 2 is 2.00 bits per heavy atom. The van der Waals surface area contributed by atoms with Gasteiger partial charge in [-0.15, -0.1) is 0 Å². The predicted molar refractivity (Wildman–Crippen MR) is 50.9 cm³/mol. The molecule has 0 radical (unpaired) electrons. The second-order valence-electron chi connectivity index (χ2n) is 4.61. The molecule has 70 valence electrons. The smallest absolute Gasteiger partial charge is 0.00989 e. The van der Waals surface area contributed by atoms with Gasteiger partial charge in [-0.25, -0.2) is 0 Å². The topological polar surface area (TPSA) is 38.0 Å². The molecule has 2 fully saturated rings. The van der Waals surface area contributed by atoms with Gasteiger partial charge in [0.15, 0.2) is 0 Å². The zero-order valence-corrected chi connectivity index (χ0v) is 7.92. The van der Waals surface area contributed by atoms with Gasteiger partial charge in [-0.05, 0) is 31.6 Å². The first-order chi connectivity index (χ1) is 5.75. The zero-order chi connectivity index (χ0) is 8.55. The minimum atomic E-state index is 0.463. The summed E-state index contributed by atoms with van der Waals surface area (Å²) in [7, 11) is 0. The molecule has 0 saturated heterocycles. The van der Waals surface area contributed by atoms with Crippen molar-refractivity contribution in [2.75, 3.05) is 0 Å². The van der Waals surface area contributed by atoms with Gasteiger partial charge in [-0.2, -0.15) is 0 Å². The molecule has 2 aliphatic carbocycles. The van der Waals surface area contributed by atoms with Crippen molar-refractivity contribution in [2.45, 2.75) is 57.2 Å².